The molecule has 5 heteroatoms. The molecule has 2 rings (SSSR count). The fraction of sp³-hybridized carbons (Fsp3) is 0.263. The zero-order valence-electron chi connectivity index (χ0n) is 13.8. The first-order valence-corrected chi connectivity index (χ1v) is 7.74. The van der Waals surface area contributed by atoms with Gasteiger partial charge >= 0.3 is 5.97 Å². The summed E-state index contributed by atoms with van der Waals surface area (Å²) in [6, 6.07) is 13.8. The maximum absolute atomic E-state index is 11.5. The van der Waals surface area contributed by atoms with Gasteiger partial charge in [-0.2, -0.15) is 0 Å². The Morgan fingerprint density at radius 2 is 1.58 bits per heavy atom. The zero-order valence-corrected chi connectivity index (χ0v) is 13.8. The largest absolute Gasteiger partial charge is 0.490 e. The van der Waals surface area contributed by atoms with Crippen molar-refractivity contribution in [2.45, 2.75) is 13.8 Å². The van der Waals surface area contributed by atoms with Crippen molar-refractivity contribution in [2.75, 3.05) is 19.8 Å². The van der Waals surface area contributed by atoms with Gasteiger partial charge in [-0.3, -0.25) is 4.79 Å². The zero-order chi connectivity index (χ0) is 17.4. The number of carbonyl (C=O) groups is 2. The van der Waals surface area contributed by atoms with Crippen molar-refractivity contribution in [1.82, 2.24) is 0 Å². The summed E-state index contributed by atoms with van der Waals surface area (Å²) in [6.07, 6.45) is 0. The molecule has 0 aromatic heterocycles. The van der Waals surface area contributed by atoms with E-state index in [1.54, 1.807) is 49.4 Å². The summed E-state index contributed by atoms with van der Waals surface area (Å²) in [5, 5.41) is 0. The van der Waals surface area contributed by atoms with E-state index in [2.05, 4.69) is 0 Å². The van der Waals surface area contributed by atoms with E-state index in [9.17, 15) is 9.59 Å². The molecular formula is C19H20O5. The van der Waals surface area contributed by atoms with Crippen LogP contribution in [0.5, 0.6) is 11.5 Å². The van der Waals surface area contributed by atoms with Gasteiger partial charge in [-0.15, -0.1) is 0 Å². The van der Waals surface area contributed by atoms with Gasteiger partial charge in [0.2, 0.25) is 0 Å². The smallest absolute Gasteiger partial charge is 0.338 e. The van der Waals surface area contributed by atoms with Gasteiger partial charge in [0.05, 0.1) is 17.7 Å². The first-order valence-electron chi connectivity index (χ1n) is 7.74. The number of hydrogen-bond donors (Lipinski definition) is 0. The molecule has 0 heterocycles. The van der Waals surface area contributed by atoms with Crippen LogP contribution in [0, 0.1) is 0 Å². The molecular weight excluding hydrogens is 308 g/mol. The molecule has 5 nitrogen and oxygen atoms in total. The monoisotopic (exact) mass is 328 g/mol. The lowest BCUT2D eigenvalue weighted by atomic mass is 10.1. The van der Waals surface area contributed by atoms with E-state index in [1.165, 1.54) is 6.92 Å². The molecule has 0 spiro atoms. The highest BCUT2D eigenvalue weighted by Crippen LogP contribution is 2.18. The Bertz CT molecular complexity index is 691. The van der Waals surface area contributed by atoms with Crippen molar-refractivity contribution < 1.29 is 23.8 Å². The van der Waals surface area contributed by atoms with Crippen molar-refractivity contribution in [1.29, 1.82) is 0 Å². The van der Waals surface area contributed by atoms with E-state index in [-0.39, 0.29) is 11.8 Å². The van der Waals surface area contributed by atoms with Crippen molar-refractivity contribution in [3.8, 4) is 11.5 Å². The number of esters is 1. The average Bonchev–Trinajstić information content (AvgIpc) is 2.59. The molecule has 2 aromatic rings. The van der Waals surface area contributed by atoms with Crippen molar-refractivity contribution in [3.05, 3.63) is 59.7 Å². The number of ketones is 1. The van der Waals surface area contributed by atoms with Crippen molar-refractivity contribution in [2.24, 2.45) is 0 Å². The minimum atomic E-state index is -0.353. The second kappa shape index (κ2) is 8.72. The second-order valence-electron chi connectivity index (χ2n) is 4.99. The summed E-state index contributed by atoms with van der Waals surface area (Å²) in [5.74, 6) is 0.784. The Balaban J connectivity index is 1.83. The number of rotatable bonds is 8. The standard InChI is InChI=1S/C19H20O5/c1-3-22-19(21)15-8-10-16(11-9-15)23-12-13-24-18-7-5-4-6-17(18)14(2)20/h4-11H,3,12-13H2,1-2H3. The maximum Gasteiger partial charge on any atom is 0.338 e. The number of ether oxygens (including phenoxy) is 3. The number of para-hydroxylation sites is 1. The van der Waals surface area contributed by atoms with Gasteiger partial charge in [0.15, 0.2) is 5.78 Å². The molecule has 0 bridgehead atoms. The van der Waals surface area contributed by atoms with E-state index in [0.29, 0.717) is 42.4 Å². The number of benzene rings is 2. The van der Waals surface area contributed by atoms with Gasteiger partial charge in [-0.1, -0.05) is 12.1 Å². The molecule has 0 aliphatic rings. The van der Waals surface area contributed by atoms with E-state index in [0.717, 1.165) is 0 Å². The summed E-state index contributed by atoms with van der Waals surface area (Å²) in [5.41, 5.74) is 1.03. The Kier molecular flexibility index (Phi) is 6.37. The lowest BCUT2D eigenvalue weighted by Crippen LogP contribution is -2.11. The summed E-state index contributed by atoms with van der Waals surface area (Å²) in [6.45, 7) is 4.24. The Morgan fingerprint density at radius 1 is 0.917 bits per heavy atom. The molecule has 0 saturated heterocycles. The van der Waals surface area contributed by atoms with Crippen LogP contribution in [0.3, 0.4) is 0 Å². The van der Waals surface area contributed by atoms with Crippen LogP contribution in [-0.2, 0) is 4.74 Å². The number of hydrogen-bond acceptors (Lipinski definition) is 5. The highest BCUT2D eigenvalue weighted by molar-refractivity contribution is 5.96. The fourth-order valence-corrected chi connectivity index (χ4v) is 2.10. The molecule has 0 aliphatic carbocycles. The van der Waals surface area contributed by atoms with Crippen LogP contribution >= 0.6 is 0 Å². The maximum atomic E-state index is 11.5. The van der Waals surface area contributed by atoms with Gasteiger partial charge in [-0.25, -0.2) is 4.79 Å². The van der Waals surface area contributed by atoms with Gasteiger partial charge in [-0.05, 0) is 50.2 Å². The minimum absolute atomic E-state index is 0.0407. The van der Waals surface area contributed by atoms with E-state index >= 15 is 0 Å². The number of Topliss-reactive ketones (excluding diaryl/α,β-unsaturated/α-hetero) is 1. The van der Waals surface area contributed by atoms with Crippen LogP contribution in [0.15, 0.2) is 48.5 Å². The first kappa shape index (κ1) is 17.5. The lowest BCUT2D eigenvalue weighted by molar-refractivity contribution is 0.0526. The third kappa shape index (κ3) is 4.84. The fourth-order valence-electron chi connectivity index (χ4n) is 2.10. The molecule has 0 aliphatic heterocycles. The van der Waals surface area contributed by atoms with Gasteiger partial charge in [0, 0.05) is 0 Å². The topological polar surface area (TPSA) is 61.8 Å². The number of carbonyl (C=O) groups excluding carboxylic acids is 2. The van der Waals surface area contributed by atoms with Gasteiger partial charge < -0.3 is 14.2 Å². The minimum Gasteiger partial charge on any atom is -0.490 e. The predicted octanol–water partition coefficient (Wildman–Crippen LogP) is 3.52. The average molecular weight is 328 g/mol. The van der Waals surface area contributed by atoms with E-state index < -0.39 is 0 Å². The Labute approximate surface area is 141 Å². The van der Waals surface area contributed by atoms with Gasteiger partial charge in [0.25, 0.3) is 0 Å². The Hall–Kier alpha value is -2.82. The SMILES string of the molecule is CCOC(=O)c1ccc(OCCOc2ccccc2C(C)=O)cc1. The molecule has 2 aromatic carbocycles. The summed E-state index contributed by atoms with van der Waals surface area (Å²) in [7, 11) is 0. The lowest BCUT2D eigenvalue weighted by Gasteiger charge is -2.11. The second-order valence-corrected chi connectivity index (χ2v) is 4.99. The molecule has 0 radical (unpaired) electrons. The highest BCUT2D eigenvalue weighted by atomic mass is 16.5. The first-order chi connectivity index (χ1) is 11.6. The van der Waals surface area contributed by atoms with E-state index in [1.807, 2.05) is 6.07 Å². The predicted molar refractivity (Wildman–Crippen MR) is 89.8 cm³/mol. The molecule has 0 fully saturated rings. The normalized spacial score (nSPS) is 10.1. The summed E-state index contributed by atoms with van der Waals surface area (Å²) < 4.78 is 16.1. The highest BCUT2D eigenvalue weighted by Gasteiger charge is 2.08. The molecule has 24 heavy (non-hydrogen) atoms. The quantitative estimate of drug-likeness (QED) is 0.421. The van der Waals surface area contributed by atoms with Crippen LogP contribution in [0.2, 0.25) is 0 Å². The van der Waals surface area contributed by atoms with Crippen molar-refractivity contribution >= 4 is 11.8 Å². The molecule has 0 saturated carbocycles. The van der Waals surface area contributed by atoms with Crippen LogP contribution in [-0.4, -0.2) is 31.6 Å². The summed E-state index contributed by atoms with van der Waals surface area (Å²) >= 11 is 0. The molecule has 0 unspecified atom stereocenters. The third-order valence-corrected chi connectivity index (χ3v) is 3.24. The van der Waals surface area contributed by atoms with Gasteiger partial charge in [0.1, 0.15) is 24.7 Å². The van der Waals surface area contributed by atoms with Crippen LogP contribution in [0.4, 0.5) is 0 Å². The van der Waals surface area contributed by atoms with Crippen LogP contribution in [0.25, 0.3) is 0 Å². The Morgan fingerprint density at radius 3 is 2.25 bits per heavy atom. The van der Waals surface area contributed by atoms with Crippen LogP contribution in [0.1, 0.15) is 34.6 Å². The van der Waals surface area contributed by atoms with Crippen LogP contribution < -0.4 is 9.47 Å². The van der Waals surface area contributed by atoms with Crippen molar-refractivity contribution in [3.63, 3.8) is 0 Å². The molecule has 0 amide bonds. The summed E-state index contributed by atoms with van der Waals surface area (Å²) in [4.78, 5) is 23.1. The third-order valence-electron chi connectivity index (χ3n) is 3.24. The molecule has 0 atom stereocenters. The molecule has 126 valence electrons. The van der Waals surface area contributed by atoms with E-state index in [4.69, 9.17) is 14.2 Å². The molecule has 0 N–H and O–H groups in total.